The van der Waals surface area contributed by atoms with Gasteiger partial charge >= 0.3 is 0 Å². The predicted octanol–water partition coefficient (Wildman–Crippen LogP) is 1.13. The number of aromatic nitrogens is 2. The van der Waals surface area contributed by atoms with E-state index in [1.807, 2.05) is 18.2 Å². The van der Waals surface area contributed by atoms with E-state index in [0.717, 1.165) is 5.56 Å². The van der Waals surface area contributed by atoms with Crippen molar-refractivity contribution in [2.24, 2.45) is 0 Å². The minimum Gasteiger partial charge on any atom is -0.482 e. The molecule has 3 aromatic rings. The van der Waals surface area contributed by atoms with E-state index < -0.39 is 0 Å². The number of epoxide rings is 1. The zero-order valence-electron chi connectivity index (χ0n) is 17.4. The van der Waals surface area contributed by atoms with Gasteiger partial charge in [0, 0.05) is 20.6 Å². The van der Waals surface area contributed by atoms with Gasteiger partial charge in [-0.1, -0.05) is 6.07 Å². The second-order valence-electron chi connectivity index (χ2n) is 7.88. The predicted molar refractivity (Wildman–Crippen MR) is 118 cm³/mol. The standard InChI is InChI=1S/C21H21N5O5S/c1-26(2)15(28)6-11-9-32-21-16(11)19(29)24-18(25-21)17-20(31-17)22-7-10-3-4-13-12(5-10)23-14(27)8-30-13/h3-5,9,17,20,22H,6-8H2,1-2H3,(H,23,27)(H,24,25,29). The number of nitrogens with one attached hydrogen (secondary N) is 3. The Morgan fingerprint density at radius 3 is 3.00 bits per heavy atom. The third-order valence-corrected chi connectivity index (χ3v) is 6.25. The van der Waals surface area contributed by atoms with Gasteiger partial charge in [-0.2, -0.15) is 0 Å². The van der Waals surface area contributed by atoms with Gasteiger partial charge in [-0.05, 0) is 28.6 Å². The summed E-state index contributed by atoms with van der Waals surface area (Å²) in [6.45, 7) is 0.530. The van der Waals surface area contributed by atoms with E-state index in [2.05, 4.69) is 20.6 Å². The van der Waals surface area contributed by atoms with Crippen molar-refractivity contribution in [3.63, 3.8) is 0 Å². The Morgan fingerprint density at radius 2 is 2.19 bits per heavy atom. The molecule has 5 rings (SSSR count). The topological polar surface area (TPSA) is 129 Å². The third-order valence-electron chi connectivity index (χ3n) is 5.32. The van der Waals surface area contributed by atoms with Crippen molar-refractivity contribution in [2.45, 2.75) is 25.3 Å². The zero-order chi connectivity index (χ0) is 22.4. The molecule has 0 spiro atoms. The Hall–Kier alpha value is -3.28. The second kappa shape index (κ2) is 8.01. The first-order chi connectivity index (χ1) is 15.4. The maximum absolute atomic E-state index is 12.7. The SMILES string of the molecule is CN(C)C(=O)Cc1csc2nc(C3OC3NCc3ccc4c(c3)NC(=O)CO4)[nH]c(=O)c12. The van der Waals surface area contributed by atoms with E-state index in [1.165, 1.54) is 16.2 Å². The van der Waals surface area contributed by atoms with Gasteiger partial charge in [0.2, 0.25) is 5.91 Å². The molecule has 10 nitrogen and oxygen atoms in total. The number of benzene rings is 1. The van der Waals surface area contributed by atoms with Crippen molar-refractivity contribution in [3.05, 3.63) is 50.9 Å². The van der Waals surface area contributed by atoms with E-state index in [9.17, 15) is 14.4 Å². The smallest absolute Gasteiger partial charge is 0.262 e. The molecular formula is C21H21N5O5S. The Labute approximate surface area is 186 Å². The molecule has 1 fully saturated rings. The van der Waals surface area contributed by atoms with Crippen LogP contribution in [0, 0.1) is 0 Å². The van der Waals surface area contributed by atoms with Crippen molar-refractivity contribution in [1.82, 2.24) is 20.2 Å². The first-order valence-corrected chi connectivity index (χ1v) is 10.9. The molecule has 4 heterocycles. The Balaban J connectivity index is 1.26. The summed E-state index contributed by atoms with van der Waals surface area (Å²) in [5.41, 5.74) is 2.01. The molecule has 0 bridgehead atoms. The van der Waals surface area contributed by atoms with Crippen molar-refractivity contribution < 1.29 is 19.1 Å². The summed E-state index contributed by atoms with van der Waals surface area (Å²) >= 11 is 1.34. The number of aromatic amines is 1. The maximum Gasteiger partial charge on any atom is 0.262 e. The molecule has 166 valence electrons. The molecule has 11 heteroatoms. The summed E-state index contributed by atoms with van der Waals surface area (Å²) in [7, 11) is 3.37. The molecule has 0 aliphatic carbocycles. The fourth-order valence-corrected chi connectivity index (χ4v) is 4.49. The molecule has 0 saturated carbocycles. The van der Waals surface area contributed by atoms with Crippen molar-refractivity contribution in [1.29, 1.82) is 0 Å². The number of rotatable bonds is 6. The largest absolute Gasteiger partial charge is 0.482 e. The van der Waals surface area contributed by atoms with Crippen LogP contribution in [0.3, 0.4) is 0 Å². The molecule has 3 N–H and O–H groups in total. The highest BCUT2D eigenvalue weighted by atomic mass is 32.1. The van der Waals surface area contributed by atoms with Gasteiger partial charge in [-0.25, -0.2) is 4.98 Å². The van der Waals surface area contributed by atoms with Gasteiger partial charge in [-0.15, -0.1) is 11.3 Å². The Morgan fingerprint density at radius 1 is 1.34 bits per heavy atom. The maximum atomic E-state index is 12.7. The van der Waals surface area contributed by atoms with Crippen LogP contribution in [0.1, 0.15) is 23.1 Å². The fraction of sp³-hybridized carbons (Fsp3) is 0.333. The molecule has 2 aromatic heterocycles. The van der Waals surface area contributed by atoms with Gasteiger partial charge in [0.25, 0.3) is 11.5 Å². The summed E-state index contributed by atoms with van der Waals surface area (Å²) in [5.74, 6) is 0.850. The van der Waals surface area contributed by atoms with Crippen LogP contribution in [-0.4, -0.2) is 53.6 Å². The van der Waals surface area contributed by atoms with Gasteiger partial charge in [0.15, 0.2) is 12.7 Å². The van der Waals surface area contributed by atoms with Crippen molar-refractivity contribution in [2.75, 3.05) is 26.0 Å². The molecular weight excluding hydrogens is 434 g/mol. The molecule has 2 atom stereocenters. The molecule has 2 aliphatic rings. The van der Waals surface area contributed by atoms with Crippen LogP contribution in [0.4, 0.5) is 5.69 Å². The third kappa shape index (κ3) is 3.97. The lowest BCUT2D eigenvalue weighted by molar-refractivity contribution is -0.128. The first kappa shape index (κ1) is 20.6. The lowest BCUT2D eigenvalue weighted by atomic mass is 10.1. The number of likely N-dealkylation sites (N-methyl/N-ethyl adjacent to an activating group) is 1. The van der Waals surface area contributed by atoms with E-state index >= 15 is 0 Å². The number of hydrogen-bond acceptors (Lipinski definition) is 8. The first-order valence-electron chi connectivity index (χ1n) is 10.0. The minimum absolute atomic E-state index is 0.0232. The van der Waals surface area contributed by atoms with Crippen LogP contribution in [0.15, 0.2) is 28.4 Å². The summed E-state index contributed by atoms with van der Waals surface area (Å²) < 4.78 is 11.0. The molecule has 2 unspecified atom stereocenters. The minimum atomic E-state index is -0.360. The molecule has 2 amide bonds. The number of H-pyrrole nitrogens is 1. The number of hydrogen-bond donors (Lipinski definition) is 3. The number of carbonyl (C=O) groups is 2. The van der Waals surface area contributed by atoms with Crippen molar-refractivity contribution in [3.8, 4) is 5.75 Å². The van der Waals surface area contributed by atoms with Gasteiger partial charge in [-0.3, -0.25) is 19.7 Å². The van der Waals surface area contributed by atoms with Crippen LogP contribution < -0.4 is 20.9 Å². The molecule has 0 radical (unpaired) electrons. The van der Waals surface area contributed by atoms with Crippen LogP contribution in [0.25, 0.3) is 10.2 Å². The van der Waals surface area contributed by atoms with Crippen LogP contribution in [0.2, 0.25) is 0 Å². The number of anilines is 1. The highest BCUT2D eigenvalue weighted by molar-refractivity contribution is 7.16. The molecule has 1 aromatic carbocycles. The van der Waals surface area contributed by atoms with Gasteiger partial charge in [0.05, 0.1) is 17.5 Å². The Bertz CT molecular complexity index is 1280. The number of thiophene rings is 1. The summed E-state index contributed by atoms with van der Waals surface area (Å²) in [6.07, 6.45) is -0.484. The number of fused-ring (bicyclic) bond motifs is 2. The van der Waals surface area contributed by atoms with E-state index in [-0.39, 0.29) is 42.7 Å². The fourth-order valence-electron chi connectivity index (χ4n) is 3.54. The van der Waals surface area contributed by atoms with Crippen molar-refractivity contribution >= 4 is 39.1 Å². The summed E-state index contributed by atoms with van der Waals surface area (Å²) in [4.78, 5) is 45.6. The van der Waals surface area contributed by atoms with Crippen LogP contribution in [-0.2, 0) is 27.3 Å². The highest BCUT2D eigenvalue weighted by Gasteiger charge is 2.42. The highest BCUT2D eigenvalue weighted by Crippen LogP contribution is 2.36. The van der Waals surface area contributed by atoms with Gasteiger partial charge < -0.3 is 24.7 Å². The summed E-state index contributed by atoms with van der Waals surface area (Å²) in [5, 5.41) is 8.31. The lowest BCUT2D eigenvalue weighted by Gasteiger charge is -2.18. The monoisotopic (exact) mass is 455 g/mol. The number of carbonyl (C=O) groups excluding carboxylic acids is 2. The quantitative estimate of drug-likeness (QED) is 0.475. The van der Waals surface area contributed by atoms with E-state index in [0.29, 0.717) is 39.6 Å². The number of nitrogens with zero attached hydrogens (tertiary/aromatic N) is 2. The molecule has 2 aliphatic heterocycles. The van der Waals surface area contributed by atoms with Crippen LogP contribution >= 0.6 is 11.3 Å². The average molecular weight is 455 g/mol. The number of ether oxygens (including phenoxy) is 2. The normalized spacial score (nSPS) is 19.2. The zero-order valence-corrected chi connectivity index (χ0v) is 18.2. The molecule has 1 saturated heterocycles. The molecule has 32 heavy (non-hydrogen) atoms. The van der Waals surface area contributed by atoms with Crippen LogP contribution in [0.5, 0.6) is 5.75 Å². The lowest BCUT2D eigenvalue weighted by Crippen LogP contribution is -2.25. The van der Waals surface area contributed by atoms with Gasteiger partial charge in [0.1, 0.15) is 22.6 Å². The van der Waals surface area contributed by atoms with E-state index in [4.69, 9.17) is 9.47 Å². The summed E-state index contributed by atoms with van der Waals surface area (Å²) in [6, 6.07) is 5.58. The van der Waals surface area contributed by atoms with E-state index in [1.54, 1.807) is 19.5 Å². The Kier molecular flexibility index (Phi) is 5.16. The average Bonchev–Trinajstić information content (AvgIpc) is 3.43. The number of amides is 2. The second-order valence-corrected chi connectivity index (χ2v) is 8.74.